The van der Waals surface area contributed by atoms with Crippen LogP contribution in [0.4, 0.5) is 16.6 Å². The van der Waals surface area contributed by atoms with Gasteiger partial charge in [0.2, 0.25) is 11.8 Å². The van der Waals surface area contributed by atoms with E-state index in [-0.39, 0.29) is 29.5 Å². The molecule has 16 heteroatoms. The Kier molecular flexibility index (Phi) is 13.4. The van der Waals surface area contributed by atoms with E-state index in [2.05, 4.69) is 44.5 Å². The maximum Gasteiger partial charge on any atom is 0.355 e. The Bertz CT molecular complexity index is 3230. The molecule has 3 fully saturated rings. The molecule has 2 saturated heterocycles. The van der Waals surface area contributed by atoms with Crippen LogP contribution in [0.5, 0.6) is 5.75 Å². The van der Waals surface area contributed by atoms with Crippen molar-refractivity contribution in [2.24, 2.45) is 13.0 Å². The van der Waals surface area contributed by atoms with Crippen LogP contribution < -0.4 is 25.2 Å². The number of amides is 3. The van der Waals surface area contributed by atoms with Gasteiger partial charge in [-0.3, -0.25) is 34.6 Å². The van der Waals surface area contributed by atoms with Crippen LogP contribution in [-0.2, 0) is 29.6 Å². The number of fused-ring (bicyclic) bond motifs is 3. The Morgan fingerprint density at radius 1 is 0.849 bits per heavy atom. The number of carbonyl (C=O) groups excluding carboxylic acids is 3. The molecule has 3 amide bonds. The van der Waals surface area contributed by atoms with E-state index >= 15 is 0 Å². The highest BCUT2D eigenvalue weighted by Crippen LogP contribution is 2.39. The molecular weight excluding hydrogens is 939 g/mol. The fourth-order valence-electron chi connectivity index (χ4n) is 11.7. The van der Waals surface area contributed by atoms with Gasteiger partial charge in [0.05, 0.1) is 39.1 Å². The lowest BCUT2D eigenvalue weighted by Crippen LogP contribution is -2.49. The molecule has 0 radical (unpaired) electrons. The molecule has 3 N–H and O–H groups in total. The highest BCUT2D eigenvalue weighted by atomic mass is 32.1. The molecule has 11 rings (SSSR count). The van der Waals surface area contributed by atoms with Gasteiger partial charge >= 0.3 is 5.97 Å². The molecule has 4 aromatic carbocycles. The Balaban J connectivity index is 0.680. The van der Waals surface area contributed by atoms with Crippen LogP contribution in [0.2, 0.25) is 0 Å². The minimum absolute atomic E-state index is 0.0218. The third-order valence-electron chi connectivity index (χ3n) is 15.8. The van der Waals surface area contributed by atoms with Gasteiger partial charge < -0.3 is 19.6 Å². The number of hydrogen-bond acceptors (Lipinski definition) is 12. The fraction of sp³-hybridized carbons (Fsp3) is 0.386. The van der Waals surface area contributed by atoms with E-state index in [1.54, 1.807) is 0 Å². The molecule has 1 saturated carbocycles. The Hall–Kier alpha value is -7.17. The maximum absolute atomic E-state index is 13.7. The first-order chi connectivity index (χ1) is 35.4. The number of carboxylic acids is 1. The average molecular weight is 1000 g/mol. The minimum Gasteiger partial charge on any atom is -0.490 e. The van der Waals surface area contributed by atoms with Gasteiger partial charge in [0.25, 0.3) is 5.91 Å². The van der Waals surface area contributed by atoms with Crippen molar-refractivity contribution in [3.05, 3.63) is 125 Å². The van der Waals surface area contributed by atoms with Crippen LogP contribution >= 0.6 is 11.3 Å². The van der Waals surface area contributed by atoms with Gasteiger partial charge in [-0.2, -0.15) is 5.10 Å². The lowest BCUT2D eigenvalue weighted by atomic mass is 9.83. The standard InChI is InChI=1S/C57H61N9O6S/c1-34(64-29-31-65(32-30-64)46-14-7-12-42-51(62-63(3)53(42)46)43-24-26-50(67)60-55(43)69)17-18-36-19-21-38(22-20-36)72-47-15-8-10-39(35(47)2)40-23-25-49(59-52(40)56(70)71)66-28-27-37-9-6-11-41(44(37)33-66)54(68)61-57-58-45-13-4-5-16-48(45)73-57/h4-16,23,25,34,36,38,43H,17-22,24,26-33H2,1-3H3,(H,70,71)(H,58,61,68)(H,60,67,69)/t34-,36?,38?,43?/m0/s1. The molecule has 0 spiro atoms. The van der Waals surface area contributed by atoms with Crippen LogP contribution in [0.3, 0.4) is 0 Å². The Labute approximate surface area is 428 Å². The molecule has 1 unspecified atom stereocenters. The topological polar surface area (TPSA) is 175 Å². The number of thiazole rings is 1. The lowest BCUT2D eigenvalue weighted by molar-refractivity contribution is -0.134. The van der Waals surface area contributed by atoms with Crippen molar-refractivity contribution in [3.63, 3.8) is 0 Å². The molecule has 0 bridgehead atoms. The van der Waals surface area contributed by atoms with E-state index in [1.807, 2.05) is 102 Å². The fourth-order valence-corrected chi connectivity index (χ4v) is 12.6. The van der Waals surface area contributed by atoms with Crippen LogP contribution in [0.25, 0.3) is 32.2 Å². The number of benzene rings is 4. The molecule has 4 aliphatic rings. The molecule has 1 aliphatic carbocycles. The van der Waals surface area contributed by atoms with Crippen molar-refractivity contribution in [2.45, 2.75) is 96.2 Å². The number of aromatic nitrogens is 4. The molecule has 3 aliphatic heterocycles. The predicted molar refractivity (Wildman–Crippen MR) is 285 cm³/mol. The zero-order valence-corrected chi connectivity index (χ0v) is 42.4. The summed E-state index contributed by atoms with van der Waals surface area (Å²) in [7, 11) is 1.94. The van der Waals surface area contributed by atoms with Crippen molar-refractivity contribution >= 4 is 72.8 Å². The van der Waals surface area contributed by atoms with Crippen molar-refractivity contribution in [1.29, 1.82) is 0 Å². The third-order valence-corrected chi connectivity index (χ3v) is 16.8. The molecule has 2 atom stereocenters. The number of anilines is 3. The van der Waals surface area contributed by atoms with Crippen LogP contribution in [0.1, 0.15) is 107 Å². The summed E-state index contributed by atoms with van der Waals surface area (Å²) in [4.78, 5) is 67.7. The quantitative estimate of drug-likeness (QED) is 0.0935. The number of aromatic carboxylic acids is 1. The number of nitrogens with zero attached hydrogens (tertiary/aromatic N) is 7. The molecule has 6 heterocycles. The largest absolute Gasteiger partial charge is 0.490 e. The zero-order valence-electron chi connectivity index (χ0n) is 41.6. The van der Waals surface area contributed by atoms with Crippen molar-refractivity contribution in [1.82, 2.24) is 30.0 Å². The van der Waals surface area contributed by atoms with E-state index in [9.17, 15) is 24.3 Å². The summed E-state index contributed by atoms with van der Waals surface area (Å²) in [6.45, 7) is 9.19. The normalized spacial score (nSPS) is 20.0. The number of hydrogen-bond donors (Lipinski definition) is 3. The lowest BCUT2D eigenvalue weighted by Gasteiger charge is -2.40. The molecule has 3 aromatic heterocycles. The minimum atomic E-state index is -1.10. The summed E-state index contributed by atoms with van der Waals surface area (Å²) in [6.07, 6.45) is 8.11. The number of carboxylic acid groups (broad SMARTS) is 1. The van der Waals surface area contributed by atoms with E-state index in [1.165, 1.54) is 17.8 Å². The number of nitrogens with one attached hydrogen (secondary N) is 2. The van der Waals surface area contributed by atoms with Crippen molar-refractivity contribution < 1.29 is 29.0 Å². The summed E-state index contributed by atoms with van der Waals surface area (Å²) in [6, 6.07) is 29.9. The van der Waals surface area contributed by atoms with Gasteiger partial charge in [0, 0.05) is 75.3 Å². The summed E-state index contributed by atoms with van der Waals surface area (Å²) in [5.74, 6) is -0.263. The van der Waals surface area contributed by atoms with Crippen molar-refractivity contribution in [3.8, 4) is 16.9 Å². The molecule has 7 aromatic rings. The van der Waals surface area contributed by atoms with Crippen molar-refractivity contribution in [2.75, 3.05) is 47.8 Å². The van der Waals surface area contributed by atoms with E-state index < -0.39 is 11.9 Å². The SMILES string of the molecule is Cc1c(OC2CCC(CC[C@H](C)N3CCN(c4cccc5c(C6CCC(=O)NC6=O)nn(C)c45)CC3)CC2)cccc1-c1ccc(N2CCc3cccc(C(=O)Nc4nc5ccccc5s4)c3C2)nc1C(=O)O. The van der Waals surface area contributed by atoms with Gasteiger partial charge in [0.15, 0.2) is 10.8 Å². The van der Waals surface area contributed by atoms with E-state index in [4.69, 9.17) is 14.8 Å². The highest BCUT2D eigenvalue weighted by molar-refractivity contribution is 7.22. The summed E-state index contributed by atoms with van der Waals surface area (Å²) in [5, 5.41) is 22.4. The average Bonchev–Trinajstić information content (AvgIpc) is 3.98. The summed E-state index contributed by atoms with van der Waals surface area (Å²) in [5.41, 5.74) is 8.49. The Morgan fingerprint density at radius 3 is 2.44 bits per heavy atom. The van der Waals surface area contributed by atoms with Crippen LogP contribution in [0.15, 0.2) is 91.0 Å². The molecule has 15 nitrogen and oxygen atoms in total. The third kappa shape index (κ3) is 9.77. The smallest absolute Gasteiger partial charge is 0.355 e. The number of aryl methyl sites for hydroxylation is 1. The van der Waals surface area contributed by atoms with Gasteiger partial charge in [-0.15, -0.1) is 0 Å². The molecule has 73 heavy (non-hydrogen) atoms. The second-order valence-corrected chi connectivity index (χ2v) is 21.3. The number of ether oxygens (including phenoxy) is 1. The van der Waals surface area contributed by atoms with Crippen LogP contribution in [-0.4, -0.2) is 98.3 Å². The first-order valence-electron chi connectivity index (χ1n) is 25.8. The number of imide groups is 1. The first-order valence-corrected chi connectivity index (χ1v) is 26.6. The number of para-hydroxylation sites is 2. The van der Waals surface area contributed by atoms with Gasteiger partial charge in [-0.05, 0) is 136 Å². The number of piperazine rings is 1. The predicted octanol–water partition coefficient (Wildman–Crippen LogP) is 9.52. The first kappa shape index (κ1) is 48.1. The summed E-state index contributed by atoms with van der Waals surface area (Å²) < 4.78 is 9.61. The highest BCUT2D eigenvalue weighted by Gasteiger charge is 2.34. The second-order valence-electron chi connectivity index (χ2n) is 20.3. The molecular formula is C57H61N9O6S. The van der Waals surface area contributed by atoms with Gasteiger partial charge in [0.1, 0.15) is 11.6 Å². The van der Waals surface area contributed by atoms with E-state index in [0.29, 0.717) is 66.4 Å². The molecule has 376 valence electrons. The summed E-state index contributed by atoms with van der Waals surface area (Å²) >= 11 is 1.44. The maximum atomic E-state index is 13.7. The van der Waals surface area contributed by atoms with Gasteiger partial charge in [-0.1, -0.05) is 59.9 Å². The number of piperidine rings is 1. The zero-order chi connectivity index (χ0) is 50.3. The van der Waals surface area contributed by atoms with E-state index in [0.717, 1.165) is 119 Å². The second kappa shape index (κ2) is 20.4. The Morgan fingerprint density at radius 2 is 1.64 bits per heavy atom. The monoisotopic (exact) mass is 999 g/mol. The number of pyridine rings is 1. The van der Waals surface area contributed by atoms with Gasteiger partial charge in [-0.25, -0.2) is 14.8 Å². The number of carbonyl (C=O) groups is 4. The number of rotatable bonds is 13. The van der Waals surface area contributed by atoms with Crippen LogP contribution in [0, 0.1) is 12.8 Å².